The predicted octanol–water partition coefficient (Wildman–Crippen LogP) is 4.63. The number of aromatic nitrogens is 2. The lowest BCUT2D eigenvalue weighted by Gasteiger charge is -2.11. The number of aryl methyl sites for hydroxylation is 1. The molecule has 0 aliphatic rings. The third-order valence-electron chi connectivity index (χ3n) is 3.13. The smallest absolute Gasteiger partial charge is 0.141 e. The highest BCUT2D eigenvalue weighted by Crippen LogP contribution is 2.23. The second-order valence-corrected chi connectivity index (χ2v) is 6.43. The van der Waals surface area contributed by atoms with Gasteiger partial charge in [-0.15, -0.1) is 11.8 Å². The molecule has 0 aliphatic heterocycles. The van der Waals surface area contributed by atoms with Crippen molar-refractivity contribution in [2.75, 3.05) is 11.9 Å². The Morgan fingerprint density at radius 1 is 1.14 bits per heavy atom. The first-order valence-corrected chi connectivity index (χ1v) is 8.38. The lowest BCUT2D eigenvalue weighted by atomic mass is 10.1. The SMILES string of the molecule is CCNc1cc(C(C)C)nc(CSc2ccc(C)cc2)n1. The molecule has 0 unspecified atom stereocenters. The molecule has 4 heteroatoms. The zero-order chi connectivity index (χ0) is 15.2. The number of thioether (sulfide) groups is 1. The molecule has 1 aromatic heterocycles. The van der Waals surface area contributed by atoms with Gasteiger partial charge in [0.15, 0.2) is 0 Å². The Morgan fingerprint density at radius 2 is 1.86 bits per heavy atom. The average molecular weight is 301 g/mol. The highest BCUT2D eigenvalue weighted by molar-refractivity contribution is 7.98. The Kier molecular flexibility index (Phi) is 5.62. The maximum Gasteiger partial charge on any atom is 0.141 e. The van der Waals surface area contributed by atoms with Crippen molar-refractivity contribution in [2.24, 2.45) is 0 Å². The number of anilines is 1. The third-order valence-corrected chi connectivity index (χ3v) is 4.14. The summed E-state index contributed by atoms with van der Waals surface area (Å²) in [4.78, 5) is 10.5. The van der Waals surface area contributed by atoms with Gasteiger partial charge in [0.1, 0.15) is 11.6 Å². The molecule has 0 saturated carbocycles. The van der Waals surface area contributed by atoms with Crippen molar-refractivity contribution in [1.82, 2.24) is 9.97 Å². The topological polar surface area (TPSA) is 37.8 Å². The lowest BCUT2D eigenvalue weighted by Crippen LogP contribution is -2.06. The van der Waals surface area contributed by atoms with Gasteiger partial charge in [-0.25, -0.2) is 9.97 Å². The van der Waals surface area contributed by atoms with Crippen LogP contribution in [0.4, 0.5) is 5.82 Å². The first-order chi connectivity index (χ1) is 10.1. The molecule has 21 heavy (non-hydrogen) atoms. The second kappa shape index (κ2) is 7.46. The van der Waals surface area contributed by atoms with Crippen LogP contribution < -0.4 is 5.32 Å². The molecular formula is C17H23N3S. The Bertz CT molecular complexity index is 579. The Balaban J connectivity index is 2.12. The molecule has 1 N–H and O–H groups in total. The summed E-state index contributed by atoms with van der Waals surface area (Å²) in [5.41, 5.74) is 2.38. The van der Waals surface area contributed by atoms with Gasteiger partial charge < -0.3 is 5.32 Å². The zero-order valence-corrected chi connectivity index (χ0v) is 14.0. The summed E-state index contributed by atoms with van der Waals surface area (Å²) in [6.45, 7) is 9.38. The van der Waals surface area contributed by atoms with Gasteiger partial charge in [-0.05, 0) is 31.9 Å². The van der Waals surface area contributed by atoms with Crippen LogP contribution >= 0.6 is 11.8 Å². The molecule has 0 fully saturated rings. The summed E-state index contributed by atoms with van der Waals surface area (Å²) in [6.07, 6.45) is 0. The van der Waals surface area contributed by atoms with E-state index in [0.29, 0.717) is 5.92 Å². The van der Waals surface area contributed by atoms with E-state index in [2.05, 4.69) is 67.2 Å². The van der Waals surface area contributed by atoms with Crippen molar-refractivity contribution < 1.29 is 0 Å². The van der Waals surface area contributed by atoms with Crippen molar-refractivity contribution in [3.05, 3.63) is 47.4 Å². The first-order valence-electron chi connectivity index (χ1n) is 7.39. The van der Waals surface area contributed by atoms with Gasteiger partial charge >= 0.3 is 0 Å². The number of hydrogen-bond donors (Lipinski definition) is 1. The maximum atomic E-state index is 4.68. The van der Waals surface area contributed by atoms with Crippen molar-refractivity contribution in [2.45, 2.75) is 44.3 Å². The number of rotatable bonds is 6. The van der Waals surface area contributed by atoms with Gasteiger partial charge in [0.2, 0.25) is 0 Å². The standard InChI is InChI=1S/C17H23N3S/c1-5-18-16-10-15(12(2)3)19-17(20-16)11-21-14-8-6-13(4)7-9-14/h6-10,12H,5,11H2,1-4H3,(H,18,19,20). The van der Waals surface area contributed by atoms with Crippen molar-refractivity contribution in [3.8, 4) is 0 Å². The minimum atomic E-state index is 0.411. The fourth-order valence-electron chi connectivity index (χ4n) is 1.93. The van der Waals surface area contributed by atoms with Crippen molar-refractivity contribution in [3.63, 3.8) is 0 Å². The van der Waals surface area contributed by atoms with Gasteiger partial charge in [0, 0.05) is 23.2 Å². The number of benzene rings is 1. The first kappa shape index (κ1) is 15.8. The van der Waals surface area contributed by atoms with Gasteiger partial charge in [-0.3, -0.25) is 0 Å². The molecule has 0 atom stereocenters. The number of nitrogens with one attached hydrogen (secondary N) is 1. The average Bonchev–Trinajstić information content (AvgIpc) is 2.47. The van der Waals surface area contributed by atoms with Gasteiger partial charge in [0.05, 0.1) is 5.75 Å². The van der Waals surface area contributed by atoms with Crippen LogP contribution in [0.5, 0.6) is 0 Å². The lowest BCUT2D eigenvalue weighted by molar-refractivity contribution is 0.799. The molecule has 2 aromatic rings. The summed E-state index contributed by atoms with van der Waals surface area (Å²) >= 11 is 1.78. The minimum Gasteiger partial charge on any atom is -0.370 e. The van der Waals surface area contributed by atoms with Crippen LogP contribution in [0.15, 0.2) is 35.2 Å². The quantitative estimate of drug-likeness (QED) is 0.789. The summed E-state index contributed by atoms with van der Waals surface area (Å²) in [7, 11) is 0. The normalized spacial score (nSPS) is 10.9. The van der Waals surface area contributed by atoms with E-state index in [1.807, 2.05) is 6.07 Å². The monoisotopic (exact) mass is 301 g/mol. The van der Waals surface area contributed by atoms with E-state index in [1.54, 1.807) is 11.8 Å². The predicted molar refractivity (Wildman–Crippen MR) is 91.0 cm³/mol. The van der Waals surface area contributed by atoms with E-state index in [-0.39, 0.29) is 0 Å². The molecule has 112 valence electrons. The Morgan fingerprint density at radius 3 is 2.48 bits per heavy atom. The van der Waals surface area contributed by atoms with E-state index in [1.165, 1.54) is 10.5 Å². The molecule has 2 rings (SSSR count). The Hall–Kier alpha value is -1.55. The van der Waals surface area contributed by atoms with Gasteiger partial charge in [0.25, 0.3) is 0 Å². The van der Waals surface area contributed by atoms with Crippen molar-refractivity contribution >= 4 is 17.6 Å². The van der Waals surface area contributed by atoms with Crippen LogP contribution in [0.2, 0.25) is 0 Å². The molecule has 1 heterocycles. The van der Waals surface area contributed by atoms with E-state index in [4.69, 9.17) is 0 Å². The summed E-state index contributed by atoms with van der Waals surface area (Å²) in [5.74, 6) is 3.02. The van der Waals surface area contributed by atoms with Crippen LogP contribution in [-0.2, 0) is 5.75 Å². The van der Waals surface area contributed by atoms with Crippen LogP contribution in [0.25, 0.3) is 0 Å². The molecule has 0 radical (unpaired) electrons. The van der Waals surface area contributed by atoms with E-state index in [0.717, 1.165) is 29.6 Å². The third kappa shape index (κ3) is 4.74. The molecule has 0 aliphatic carbocycles. The molecule has 0 amide bonds. The maximum absolute atomic E-state index is 4.68. The van der Waals surface area contributed by atoms with Crippen LogP contribution in [0.3, 0.4) is 0 Å². The van der Waals surface area contributed by atoms with Crippen LogP contribution in [0, 0.1) is 6.92 Å². The van der Waals surface area contributed by atoms with Gasteiger partial charge in [-0.1, -0.05) is 31.5 Å². The fraction of sp³-hybridized carbons (Fsp3) is 0.412. The number of nitrogens with zero attached hydrogens (tertiary/aromatic N) is 2. The highest BCUT2D eigenvalue weighted by atomic mass is 32.2. The largest absolute Gasteiger partial charge is 0.370 e. The highest BCUT2D eigenvalue weighted by Gasteiger charge is 2.08. The summed E-state index contributed by atoms with van der Waals surface area (Å²) in [5, 5.41) is 3.29. The minimum absolute atomic E-state index is 0.411. The van der Waals surface area contributed by atoms with Crippen LogP contribution in [-0.4, -0.2) is 16.5 Å². The van der Waals surface area contributed by atoms with E-state index in [9.17, 15) is 0 Å². The zero-order valence-electron chi connectivity index (χ0n) is 13.2. The Labute approximate surface area is 131 Å². The molecule has 1 aromatic carbocycles. The summed E-state index contributed by atoms with van der Waals surface area (Å²) < 4.78 is 0. The fourth-order valence-corrected chi connectivity index (χ4v) is 2.69. The molecule has 0 saturated heterocycles. The van der Waals surface area contributed by atoms with Crippen LogP contribution in [0.1, 0.15) is 43.8 Å². The molecule has 0 bridgehead atoms. The molecular weight excluding hydrogens is 278 g/mol. The van der Waals surface area contributed by atoms with Crippen molar-refractivity contribution in [1.29, 1.82) is 0 Å². The number of hydrogen-bond acceptors (Lipinski definition) is 4. The second-order valence-electron chi connectivity index (χ2n) is 5.38. The van der Waals surface area contributed by atoms with E-state index >= 15 is 0 Å². The molecule has 3 nitrogen and oxygen atoms in total. The van der Waals surface area contributed by atoms with E-state index < -0.39 is 0 Å². The van der Waals surface area contributed by atoms with Gasteiger partial charge in [-0.2, -0.15) is 0 Å². The summed E-state index contributed by atoms with van der Waals surface area (Å²) in [6, 6.07) is 10.6. The molecule has 0 spiro atoms.